The van der Waals surface area contributed by atoms with Crippen molar-refractivity contribution in [3.05, 3.63) is 17.7 Å². The normalized spacial score (nSPS) is 15.9. The minimum atomic E-state index is -3.41. The molecule has 1 aromatic rings. The predicted molar refractivity (Wildman–Crippen MR) is 106 cm³/mol. The summed E-state index contributed by atoms with van der Waals surface area (Å²) in [6.45, 7) is 5.42. The van der Waals surface area contributed by atoms with Crippen molar-refractivity contribution in [2.24, 2.45) is 0 Å². The van der Waals surface area contributed by atoms with E-state index in [1.54, 1.807) is 0 Å². The standard InChI is InChI=1S/C18H29N3O6S/c1-5-20-7-9-21(10-8-20)28(23,24)11-6-19-18(22)14-12-15(25-2)17(27-4)16(13-14)26-3/h12-13H,5-11H2,1-4H3,(H,19,22). The Morgan fingerprint density at radius 2 is 1.61 bits per heavy atom. The van der Waals surface area contributed by atoms with E-state index in [1.165, 1.54) is 37.8 Å². The zero-order valence-corrected chi connectivity index (χ0v) is 17.7. The van der Waals surface area contributed by atoms with Crippen LogP contribution in [0.25, 0.3) is 0 Å². The molecule has 158 valence electrons. The van der Waals surface area contributed by atoms with E-state index < -0.39 is 15.9 Å². The summed E-state index contributed by atoms with van der Waals surface area (Å²) >= 11 is 0. The number of carbonyl (C=O) groups is 1. The van der Waals surface area contributed by atoms with Gasteiger partial charge in [0, 0.05) is 38.3 Å². The van der Waals surface area contributed by atoms with Crippen LogP contribution in [0.4, 0.5) is 0 Å². The van der Waals surface area contributed by atoms with Gasteiger partial charge in [0.2, 0.25) is 15.8 Å². The van der Waals surface area contributed by atoms with E-state index in [2.05, 4.69) is 17.1 Å². The maximum Gasteiger partial charge on any atom is 0.251 e. The summed E-state index contributed by atoms with van der Waals surface area (Å²) in [6, 6.07) is 3.05. The molecule has 1 aliphatic rings. The molecular weight excluding hydrogens is 386 g/mol. The van der Waals surface area contributed by atoms with Crippen LogP contribution in [0.2, 0.25) is 0 Å². The van der Waals surface area contributed by atoms with Crippen LogP contribution in [0.3, 0.4) is 0 Å². The van der Waals surface area contributed by atoms with Gasteiger partial charge < -0.3 is 24.4 Å². The SMILES string of the molecule is CCN1CCN(S(=O)(=O)CCNC(=O)c2cc(OC)c(OC)c(OC)c2)CC1. The average Bonchev–Trinajstić information content (AvgIpc) is 2.72. The topological polar surface area (TPSA) is 97.4 Å². The zero-order valence-electron chi connectivity index (χ0n) is 16.9. The minimum Gasteiger partial charge on any atom is -0.493 e. The van der Waals surface area contributed by atoms with Crippen LogP contribution < -0.4 is 19.5 Å². The Bertz CT molecular complexity index is 751. The summed E-state index contributed by atoms with van der Waals surface area (Å²) in [5.74, 6) is 0.539. The average molecular weight is 416 g/mol. The lowest BCUT2D eigenvalue weighted by atomic mass is 10.1. The van der Waals surface area contributed by atoms with Gasteiger partial charge in [0.25, 0.3) is 5.91 Å². The van der Waals surface area contributed by atoms with E-state index in [9.17, 15) is 13.2 Å². The highest BCUT2D eigenvalue weighted by molar-refractivity contribution is 7.89. The van der Waals surface area contributed by atoms with Crippen molar-refractivity contribution in [1.82, 2.24) is 14.5 Å². The van der Waals surface area contributed by atoms with Crippen molar-refractivity contribution in [2.75, 3.05) is 66.4 Å². The van der Waals surface area contributed by atoms with Gasteiger partial charge >= 0.3 is 0 Å². The molecule has 0 bridgehead atoms. The molecule has 1 saturated heterocycles. The van der Waals surface area contributed by atoms with E-state index in [1.807, 2.05) is 0 Å². The molecule has 1 N–H and O–H groups in total. The van der Waals surface area contributed by atoms with Crippen molar-refractivity contribution in [1.29, 1.82) is 0 Å². The Balaban J connectivity index is 1.97. The van der Waals surface area contributed by atoms with Gasteiger partial charge in [-0.25, -0.2) is 8.42 Å². The van der Waals surface area contributed by atoms with E-state index in [0.29, 0.717) is 35.9 Å². The summed E-state index contributed by atoms with van der Waals surface area (Å²) in [5, 5.41) is 2.65. The first-order valence-corrected chi connectivity index (χ1v) is 10.8. The molecule has 0 spiro atoms. The molecule has 0 atom stereocenters. The van der Waals surface area contributed by atoms with Gasteiger partial charge in [0.15, 0.2) is 11.5 Å². The number of rotatable bonds is 9. The largest absolute Gasteiger partial charge is 0.493 e. The number of piperazine rings is 1. The van der Waals surface area contributed by atoms with E-state index in [-0.39, 0.29) is 12.3 Å². The van der Waals surface area contributed by atoms with Gasteiger partial charge in [-0.3, -0.25) is 4.79 Å². The molecule has 1 fully saturated rings. The maximum atomic E-state index is 12.5. The number of methoxy groups -OCH3 is 3. The van der Waals surface area contributed by atoms with Crippen molar-refractivity contribution >= 4 is 15.9 Å². The molecular formula is C18H29N3O6S. The highest BCUT2D eigenvalue weighted by atomic mass is 32.2. The Labute approximate surface area is 166 Å². The molecule has 28 heavy (non-hydrogen) atoms. The Kier molecular flexibility index (Phi) is 7.90. The van der Waals surface area contributed by atoms with Gasteiger partial charge in [-0.1, -0.05) is 6.92 Å². The molecule has 10 heteroatoms. The molecule has 1 aliphatic heterocycles. The minimum absolute atomic E-state index is 0.0197. The number of likely N-dealkylation sites (N-methyl/N-ethyl adjacent to an activating group) is 1. The molecule has 0 radical (unpaired) electrons. The van der Waals surface area contributed by atoms with Gasteiger partial charge in [-0.15, -0.1) is 0 Å². The van der Waals surface area contributed by atoms with Crippen LogP contribution in [0.15, 0.2) is 12.1 Å². The fourth-order valence-corrected chi connectivity index (χ4v) is 4.40. The van der Waals surface area contributed by atoms with E-state index in [0.717, 1.165) is 19.6 Å². The van der Waals surface area contributed by atoms with Crippen LogP contribution in [0.5, 0.6) is 17.2 Å². The molecule has 0 aromatic heterocycles. The first-order valence-electron chi connectivity index (χ1n) is 9.14. The number of sulfonamides is 1. The van der Waals surface area contributed by atoms with Crippen LogP contribution >= 0.6 is 0 Å². The zero-order chi connectivity index (χ0) is 20.7. The number of ether oxygens (including phenoxy) is 3. The second-order valence-corrected chi connectivity index (χ2v) is 8.41. The molecule has 0 aliphatic carbocycles. The van der Waals surface area contributed by atoms with Gasteiger partial charge in [0.1, 0.15) is 0 Å². The fourth-order valence-electron chi connectivity index (χ4n) is 3.06. The van der Waals surface area contributed by atoms with Crippen LogP contribution in [0.1, 0.15) is 17.3 Å². The molecule has 0 unspecified atom stereocenters. The molecule has 1 amide bonds. The van der Waals surface area contributed by atoms with Crippen molar-refractivity contribution in [2.45, 2.75) is 6.92 Å². The third-order valence-electron chi connectivity index (χ3n) is 4.74. The highest BCUT2D eigenvalue weighted by Crippen LogP contribution is 2.38. The quantitative estimate of drug-likeness (QED) is 0.624. The van der Waals surface area contributed by atoms with Crippen molar-refractivity contribution < 1.29 is 27.4 Å². The molecule has 2 rings (SSSR count). The lowest BCUT2D eigenvalue weighted by Gasteiger charge is -2.33. The number of nitrogens with one attached hydrogen (secondary N) is 1. The second kappa shape index (κ2) is 9.94. The lowest BCUT2D eigenvalue weighted by molar-refractivity contribution is 0.0955. The smallest absolute Gasteiger partial charge is 0.251 e. The maximum absolute atomic E-state index is 12.5. The highest BCUT2D eigenvalue weighted by Gasteiger charge is 2.26. The third-order valence-corrected chi connectivity index (χ3v) is 6.62. The summed E-state index contributed by atoms with van der Waals surface area (Å²) in [5.41, 5.74) is 0.295. The molecule has 1 aromatic carbocycles. The predicted octanol–water partition coefficient (Wildman–Crippen LogP) is 0.410. The first-order chi connectivity index (χ1) is 13.4. The summed E-state index contributed by atoms with van der Waals surface area (Å²) in [6.07, 6.45) is 0. The number of carbonyl (C=O) groups excluding carboxylic acids is 1. The molecule has 1 heterocycles. The fraction of sp³-hybridized carbons (Fsp3) is 0.611. The van der Waals surface area contributed by atoms with E-state index >= 15 is 0 Å². The number of amides is 1. The number of hydrogen-bond acceptors (Lipinski definition) is 7. The van der Waals surface area contributed by atoms with Crippen molar-refractivity contribution in [3.63, 3.8) is 0 Å². The number of nitrogens with zero attached hydrogens (tertiary/aromatic N) is 2. The second-order valence-electron chi connectivity index (χ2n) is 6.32. The van der Waals surface area contributed by atoms with Crippen LogP contribution in [-0.2, 0) is 10.0 Å². The number of benzene rings is 1. The van der Waals surface area contributed by atoms with Crippen LogP contribution in [0, 0.1) is 0 Å². The monoisotopic (exact) mass is 415 g/mol. The Morgan fingerprint density at radius 3 is 2.07 bits per heavy atom. The number of hydrogen-bond donors (Lipinski definition) is 1. The molecule has 9 nitrogen and oxygen atoms in total. The lowest BCUT2D eigenvalue weighted by Crippen LogP contribution is -2.49. The van der Waals surface area contributed by atoms with Gasteiger partial charge in [-0.05, 0) is 18.7 Å². The summed E-state index contributed by atoms with van der Waals surface area (Å²) < 4.78 is 42.2. The van der Waals surface area contributed by atoms with E-state index in [4.69, 9.17) is 14.2 Å². The summed E-state index contributed by atoms with van der Waals surface area (Å²) in [7, 11) is 0.995. The first kappa shape index (κ1) is 22.3. The van der Waals surface area contributed by atoms with Gasteiger partial charge in [0.05, 0.1) is 27.1 Å². The Morgan fingerprint density at radius 1 is 1.04 bits per heavy atom. The third kappa shape index (κ3) is 5.27. The summed E-state index contributed by atoms with van der Waals surface area (Å²) in [4.78, 5) is 14.7. The Hall–Kier alpha value is -2.04. The van der Waals surface area contributed by atoms with Crippen molar-refractivity contribution in [3.8, 4) is 17.2 Å². The van der Waals surface area contributed by atoms with Crippen LogP contribution in [-0.4, -0.2) is 89.9 Å². The van der Waals surface area contributed by atoms with Gasteiger partial charge in [-0.2, -0.15) is 4.31 Å². The molecule has 0 saturated carbocycles.